The number of halogens is 1. The van der Waals surface area contributed by atoms with Crippen molar-refractivity contribution in [2.45, 2.75) is 6.92 Å². The highest BCUT2D eigenvalue weighted by Gasteiger charge is 2.37. The number of carbonyl (C=O) groups excluding carboxylic acids is 3. The molecule has 0 spiro atoms. The molecule has 0 atom stereocenters. The maximum absolute atomic E-state index is 13.1. The molecule has 152 valence electrons. The van der Waals surface area contributed by atoms with Crippen molar-refractivity contribution in [1.29, 1.82) is 0 Å². The lowest BCUT2D eigenvalue weighted by Crippen LogP contribution is -2.54. The molecule has 1 aliphatic rings. The number of anilines is 1. The van der Waals surface area contributed by atoms with Crippen LogP contribution in [0, 0.1) is 19.3 Å². The standard InChI is InChI=1S/C22H17ClN2O5/c1-4-9-30-19-12-16(29-3)8-6-14(19)10-17-20(26)24-22(28)25(21(17)27)18-11-15(23)7-5-13(18)2/h1,5-8,10-12H,9H2,2-3H3,(H,24,26,28)/b17-10+. The third-order valence-corrected chi connectivity index (χ3v) is 4.58. The summed E-state index contributed by atoms with van der Waals surface area (Å²) in [5.74, 6) is 1.58. The van der Waals surface area contributed by atoms with E-state index in [0.717, 1.165) is 4.90 Å². The molecule has 30 heavy (non-hydrogen) atoms. The fourth-order valence-corrected chi connectivity index (χ4v) is 3.03. The molecule has 1 fully saturated rings. The van der Waals surface area contributed by atoms with Crippen LogP contribution in [0.5, 0.6) is 11.5 Å². The van der Waals surface area contributed by atoms with Crippen LogP contribution in [0.15, 0.2) is 42.0 Å². The Morgan fingerprint density at radius 1 is 1.20 bits per heavy atom. The van der Waals surface area contributed by atoms with E-state index in [1.807, 2.05) is 0 Å². The van der Waals surface area contributed by atoms with Crippen molar-refractivity contribution < 1.29 is 23.9 Å². The summed E-state index contributed by atoms with van der Waals surface area (Å²) in [5, 5.41) is 2.52. The van der Waals surface area contributed by atoms with Crippen molar-refractivity contribution in [2.75, 3.05) is 18.6 Å². The van der Waals surface area contributed by atoms with Crippen LogP contribution in [0.1, 0.15) is 11.1 Å². The molecule has 0 unspecified atom stereocenters. The minimum Gasteiger partial charge on any atom is -0.497 e. The first-order valence-electron chi connectivity index (χ1n) is 8.77. The predicted molar refractivity (Wildman–Crippen MR) is 113 cm³/mol. The number of urea groups is 1. The smallest absolute Gasteiger partial charge is 0.335 e. The van der Waals surface area contributed by atoms with E-state index in [1.54, 1.807) is 37.3 Å². The average molecular weight is 425 g/mol. The van der Waals surface area contributed by atoms with Crippen molar-refractivity contribution in [3.8, 4) is 23.8 Å². The summed E-state index contributed by atoms with van der Waals surface area (Å²) in [6.45, 7) is 1.71. The summed E-state index contributed by atoms with van der Waals surface area (Å²) in [6.07, 6.45) is 6.59. The summed E-state index contributed by atoms with van der Waals surface area (Å²) in [6, 6.07) is 8.78. The number of amides is 4. The Bertz CT molecular complexity index is 1120. The van der Waals surface area contributed by atoms with E-state index in [4.69, 9.17) is 27.5 Å². The second kappa shape index (κ2) is 8.72. The molecule has 1 heterocycles. The Kier molecular flexibility index (Phi) is 6.09. The topological polar surface area (TPSA) is 84.9 Å². The summed E-state index contributed by atoms with van der Waals surface area (Å²) < 4.78 is 10.7. The van der Waals surface area contributed by atoms with E-state index in [9.17, 15) is 14.4 Å². The lowest BCUT2D eigenvalue weighted by atomic mass is 10.0. The van der Waals surface area contributed by atoms with Crippen molar-refractivity contribution in [3.63, 3.8) is 0 Å². The van der Waals surface area contributed by atoms with Gasteiger partial charge < -0.3 is 9.47 Å². The van der Waals surface area contributed by atoms with Gasteiger partial charge in [0.2, 0.25) is 0 Å². The summed E-state index contributed by atoms with van der Waals surface area (Å²) in [4.78, 5) is 38.8. The normalized spacial score (nSPS) is 15.1. The van der Waals surface area contributed by atoms with E-state index in [-0.39, 0.29) is 17.9 Å². The Hall–Kier alpha value is -3.76. The van der Waals surface area contributed by atoms with Crippen LogP contribution in [-0.2, 0) is 9.59 Å². The van der Waals surface area contributed by atoms with Crippen LogP contribution in [0.4, 0.5) is 10.5 Å². The molecule has 1 saturated heterocycles. The fourth-order valence-electron chi connectivity index (χ4n) is 2.86. The van der Waals surface area contributed by atoms with Gasteiger partial charge in [0.25, 0.3) is 11.8 Å². The minimum absolute atomic E-state index is 0.0181. The molecule has 8 heteroatoms. The average Bonchev–Trinajstić information content (AvgIpc) is 2.72. The van der Waals surface area contributed by atoms with Crippen molar-refractivity contribution >= 4 is 41.2 Å². The van der Waals surface area contributed by atoms with Gasteiger partial charge in [-0.3, -0.25) is 14.9 Å². The molecular formula is C22H17ClN2O5. The molecule has 1 N–H and O–H groups in total. The number of imide groups is 2. The lowest BCUT2D eigenvalue weighted by Gasteiger charge is -2.27. The van der Waals surface area contributed by atoms with Crippen LogP contribution < -0.4 is 19.7 Å². The second-order valence-electron chi connectivity index (χ2n) is 6.29. The van der Waals surface area contributed by atoms with Gasteiger partial charge in [-0.2, -0.15) is 0 Å². The first-order valence-corrected chi connectivity index (χ1v) is 9.15. The molecule has 0 saturated carbocycles. The monoisotopic (exact) mass is 424 g/mol. The van der Waals surface area contributed by atoms with Gasteiger partial charge in [-0.15, -0.1) is 6.42 Å². The highest BCUT2D eigenvalue weighted by Crippen LogP contribution is 2.30. The molecule has 0 bridgehead atoms. The molecule has 4 amide bonds. The van der Waals surface area contributed by atoms with E-state index < -0.39 is 17.8 Å². The molecule has 2 aromatic rings. The van der Waals surface area contributed by atoms with Gasteiger partial charge in [0.15, 0.2) is 0 Å². The third-order valence-electron chi connectivity index (χ3n) is 4.35. The highest BCUT2D eigenvalue weighted by molar-refractivity contribution is 6.39. The zero-order valence-corrected chi connectivity index (χ0v) is 16.9. The lowest BCUT2D eigenvalue weighted by molar-refractivity contribution is -0.122. The maximum atomic E-state index is 13.1. The second-order valence-corrected chi connectivity index (χ2v) is 6.72. The van der Waals surface area contributed by atoms with Gasteiger partial charge in [-0.1, -0.05) is 23.6 Å². The molecule has 0 aliphatic carbocycles. The van der Waals surface area contributed by atoms with Crippen LogP contribution in [-0.4, -0.2) is 31.6 Å². The van der Waals surface area contributed by atoms with Crippen molar-refractivity contribution in [2.24, 2.45) is 0 Å². The molecule has 0 aromatic heterocycles. The van der Waals surface area contributed by atoms with Crippen LogP contribution in [0.2, 0.25) is 5.02 Å². The number of hydrogen-bond acceptors (Lipinski definition) is 5. The summed E-state index contributed by atoms with van der Waals surface area (Å²) >= 11 is 6.03. The fraction of sp³-hybridized carbons (Fsp3) is 0.136. The van der Waals surface area contributed by atoms with Crippen LogP contribution in [0.3, 0.4) is 0 Å². The number of benzene rings is 2. The molecule has 2 aromatic carbocycles. The third kappa shape index (κ3) is 4.14. The van der Waals surface area contributed by atoms with Crippen molar-refractivity contribution in [1.82, 2.24) is 5.32 Å². The zero-order valence-electron chi connectivity index (χ0n) is 16.2. The van der Waals surface area contributed by atoms with E-state index in [2.05, 4.69) is 11.2 Å². The van der Waals surface area contributed by atoms with E-state index >= 15 is 0 Å². The summed E-state index contributed by atoms with van der Waals surface area (Å²) in [5.41, 5.74) is 1.09. The number of carbonyl (C=O) groups is 3. The van der Waals surface area contributed by atoms with Crippen LogP contribution in [0.25, 0.3) is 6.08 Å². The number of rotatable bonds is 5. The first-order chi connectivity index (χ1) is 14.3. The minimum atomic E-state index is -0.856. The van der Waals surface area contributed by atoms with Gasteiger partial charge in [0.1, 0.15) is 23.7 Å². The van der Waals surface area contributed by atoms with Gasteiger partial charge in [-0.25, -0.2) is 9.69 Å². The van der Waals surface area contributed by atoms with Gasteiger partial charge >= 0.3 is 6.03 Å². The number of nitrogens with zero attached hydrogens (tertiary/aromatic N) is 1. The Morgan fingerprint density at radius 2 is 1.97 bits per heavy atom. The Labute approximate surface area is 178 Å². The number of terminal acetylenes is 1. The first kappa shape index (κ1) is 21.0. The SMILES string of the molecule is C#CCOc1cc(OC)ccc1/C=C1\C(=O)NC(=O)N(c2cc(Cl)ccc2C)C1=O. The predicted octanol–water partition coefficient (Wildman–Crippen LogP) is 3.34. The molecule has 0 radical (unpaired) electrons. The number of hydrogen-bond donors (Lipinski definition) is 1. The largest absolute Gasteiger partial charge is 0.497 e. The number of methoxy groups -OCH3 is 1. The van der Waals surface area contributed by atoms with Gasteiger partial charge in [0, 0.05) is 16.7 Å². The zero-order chi connectivity index (χ0) is 21.8. The number of aryl methyl sites for hydroxylation is 1. The van der Waals surface area contributed by atoms with Gasteiger partial charge in [-0.05, 0) is 42.8 Å². The Morgan fingerprint density at radius 3 is 2.67 bits per heavy atom. The number of ether oxygens (including phenoxy) is 2. The molecule has 3 rings (SSSR count). The maximum Gasteiger partial charge on any atom is 0.335 e. The molecule has 7 nitrogen and oxygen atoms in total. The highest BCUT2D eigenvalue weighted by atomic mass is 35.5. The van der Waals surface area contributed by atoms with E-state index in [1.165, 1.54) is 19.3 Å². The quantitative estimate of drug-likeness (QED) is 0.452. The van der Waals surface area contributed by atoms with E-state index in [0.29, 0.717) is 27.6 Å². The molecule has 1 aliphatic heterocycles. The number of nitrogens with one attached hydrogen (secondary N) is 1. The summed E-state index contributed by atoms with van der Waals surface area (Å²) in [7, 11) is 1.49. The molecular weight excluding hydrogens is 408 g/mol. The number of barbiturate groups is 1. The van der Waals surface area contributed by atoms with Crippen LogP contribution >= 0.6 is 11.6 Å². The van der Waals surface area contributed by atoms with Gasteiger partial charge in [0.05, 0.1) is 12.8 Å². The Balaban J connectivity index is 2.07. The van der Waals surface area contributed by atoms with Crippen molar-refractivity contribution in [3.05, 3.63) is 58.1 Å².